The van der Waals surface area contributed by atoms with E-state index in [9.17, 15) is 13.2 Å². The van der Waals surface area contributed by atoms with Crippen LogP contribution < -0.4 is 10.1 Å². The largest absolute Gasteiger partial charge is 0.467 e. The second kappa shape index (κ2) is 4.87. The van der Waals surface area contributed by atoms with Crippen molar-refractivity contribution in [3.63, 3.8) is 0 Å². The second-order valence-electron chi connectivity index (χ2n) is 3.92. The minimum atomic E-state index is -4.35. The van der Waals surface area contributed by atoms with Gasteiger partial charge in [0.25, 0.3) is 0 Å². The van der Waals surface area contributed by atoms with Gasteiger partial charge in [-0.25, -0.2) is 0 Å². The van der Waals surface area contributed by atoms with Crippen molar-refractivity contribution >= 4 is 0 Å². The van der Waals surface area contributed by atoms with Crippen LogP contribution in [-0.4, -0.2) is 29.0 Å². The molecule has 2 rings (SSSR count). The van der Waals surface area contributed by atoms with Crippen LogP contribution >= 0.6 is 0 Å². The number of nitrogens with zero attached hydrogens (tertiary/aromatic N) is 2. The van der Waals surface area contributed by atoms with Crippen LogP contribution in [0.25, 0.3) is 0 Å². The zero-order chi connectivity index (χ0) is 12.3. The SMILES string of the molecule is FC(F)(F)COc1ccc(CNC2CC2)nn1. The smallest absolute Gasteiger partial charge is 0.422 e. The monoisotopic (exact) mass is 247 g/mol. The first-order valence-corrected chi connectivity index (χ1v) is 5.28. The van der Waals surface area contributed by atoms with Gasteiger partial charge in [0.2, 0.25) is 5.88 Å². The Morgan fingerprint density at radius 2 is 2.06 bits per heavy atom. The van der Waals surface area contributed by atoms with Crippen LogP contribution in [0.15, 0.2) is 12.1 Å². The molecule has 0 bridgehead atoms. The molecular weight excluding hydrogens is 235 g/mol. The molecule has 0 unspecified atom stereocenters. The summed E-state index contributed by atoms with van der Waals surface area (Å²) in [5, 5.41) is 10.6. The summed E-state index contributed by atoms with van der Waals surface area (Å²) in [7, 11) is 0. The maximum Gasteiger partial charge on any atom is 0.422 e. The van der Waals surface area contributed by atoms with Crippen molar-refractivity contribution in [2.24, 2.45) is 0 Å². The summed E-state index contributed by atoms with van der Waals surface area (Å²) < 4.78 is 40.0. The number of hydrogen-bond donors (Lipinski definition) is 1. The van der Waals surface area contributed by atoms with Gasteiger partial charge < -0.3 is 10.1 Å². The van der Waals surface area contributed by atoms with Crippen molar-refractivity contribution in [3.05, 3.63) is 17.8 Å². The fourth-order valence-corrected chi connectivity index (χ4v) is 1.21. The Labute approximate surface area is 96.2 Å². The number of halogens is 3. The van der Waals surface area contributed by atoms with Crippen LogP contribution in [0.4, 0.5) is 13.2 Å². The molecule has 0 amide bonds. The van der Waals surface area contributed by atoms with Gasteiger partial charge in [0.15, 0.2) is 6.61 Å². The van der Waals surface area contributed by atoms with E-state index in [0.29, 0.717) is 18.3 Å². The van der Waals surface area contributed by atoms with E-state index in [1.807, 2.05) is 0 Å². The molecule has 0 aliphatic heterocycles. The normalized spacial score (nSPS) is 15.9. The van der Waals surface area contributed by atoms with Gasteiger partial charge in [-0.15, -0.1) is 5.10 Å². The van der Waals surface area contributed by atoms with Crippen LogP contribution in [0.2, 0.25) is 0 Å². The number of rotatable bonds is 5. The van der Waals surface area contributed by atoms with Crippen molar-refractivity contribution < 1.29 is 17.9 Å². The van der Waals surface area contributed by atoms with Gasteiger partial charge >= 0.3 is 6.18 Å². The van der Waals surface area contributed by atoms with Gasteiger partial charge in [0, 0.05) is 18.7 Å². The number of nitrogens with one attached hydrogen (secondary N) is 1. The van der Waals surface area contributed by atoms with Crippen LogP contribution in [0.5, 0.6) is 5.88 Å². The van der Waals surface area contributed by atoms with Crippen LogP contribution in [0, 0.1) is 0 Å². The highest BCUT2D eigenvalue weighted by Gasteiger charge is 2.28. The lowest BCUT2D eigenvalue weighted by Gasteiger charge is -2.08. The Morgan fingerprint density at radius 1 is 1.29 bits per heavy atom. The maximum absolute atomic E-state index is 11.9. The van der Waals surface area contributed by atoms with Crippen molar-refractivity contribution in [2.45, 2.75) is 31.6 Å². The van der Waals surface area contributed by atoms with Crippen molar-refractivity contribution in [2.75, 3.05) is 6.61 Å². The average molecular weight is 247 g/mol. The molecule has 1 heterocycles. The average Bonchev–Trinajstić information content (AvgIpc) is 3.08. The molecule has 1 aliphatic carbocycles. The van der Waals surface area contributed by atoms with E-state index in [2.05, 4.69) is 20.3 Å². The Kier molecular flexibility index (Phi) is 3.46. The van der Waals surface area contributed by atoms with E-state index in [1.165, 1.54) is 18.9 Å². The third-order valence-electron chi connectivity index (χ3n) is 2.23. The number of ether oxygens (including phenoxy) is 1. The molecule has 1 aromatic rings. The predicted octanol–water partition coefficient (Wildman–Crippen LogP) is 1.67. The van der Waals surface area contributed by atoms with Crippen molar-refractivity contribution in [3.8, 4) is 5.88 Å². The molecule has 1 aromatic heterocycles. The summed E-state index contributed by atoms with van der Waals surface area (Å²) in [6, 6.07) is 3.55. The Morgan fingerprint density at radius 3 is 2.59 bits per heavy atom. The lowest BCUT2D eigenvalue weighted by atomic mass is 10.4. The molecule has 1 fully saturated rings. The number of hydrogen-bond acceptors (Lipinski definition) is 4. The summed E-state index contributed by atoms with van der Waals surface area (Å²) in [6.07, 6.45) is -2.02. The molecule has 0 aromatic carbocycles. The highest BCUT2D eigenvalue weighted by atomic mass is 19.4. The van der Waals surface area contributed by atoms with Crippen LogP contribution in [0.3, 0.4) is 0 Å². The molecule has 1 aliphatic rings. The number of alkyl halides is 3. The molecule has 1 N–H and O–H groups in total. The van der Waals surface area contributed by atoms with E-state index >= 15 is 0 Å². The van der Waals surface area contributed by atoms with E-state index in [0.717, 1.165) is 0 Å². The Bertz CT molecular complexity index is 362. The standard InChI is InChI=1S/C10H12F3N3O/c11-10(12,13)6-17-9-4-3-8(15-16-9)5-14-7-1-2-7/h3-4,7,14H,1-2,5-6H2. The van der Waals surface area contributed by atoms with Crippen LogP contribution in [-0.2, 0) is 6.54 Å². The minimum Gasteiger partial charge on any atom is -0.467 e. The van der Waals surface area contributed by atoms with E-state index < -0.39 is 12.8 Å². The van der Waals surface area contributed by atoms with Gasteiger partial charge in [-0.3, -0.25) is 0 Å². The Hall–Kier alpha value is -1.37. The maximum atomic E-state index is 11.9. The highest BCUT2D eigenvalue weighted by Crippen LogP contribution is 2.19. The molecule has 4 nitrogen and oxygen atoms in total. The predicted molar refractivity (Wildman–Crippen MR) is 53.4 cm³/mol. The number of aromatic nitrogens is 2. The van der Waals surface area contributed by atoms with Gasteiger partial charge in [-0.2, -0.15) is 18.3 Å². The minimum absolute atomic E-state index is 0.113. The third-order valence-corrected chi connectivity index (χ3v) is 2.23. The molecule has 0 atom stereocenters. The van der Waals surface area contributed by atoms with Gasteiger partial charge in [0.05, 0.1) is 5.69 Å². The lowest BCUT2D eigenvalue weighted by Crippen LogP contribution is -2.20. The zero-order valence-corrected chi connectivity index (χ0v) is 9.00. The third kappa shape index (κ3) is 4.56. The van der Waals surface area contributed by atoms with E-state index in [1.54, 1.807) is 6.07 Å². The zero-order valence-electron chi connectivity index (χ0n) is 9.00. The fourth-order valence-electron chi connectivity index (χ4n) is 1.21. The Balaban J connectivity index is 1.79. The molecule has 1 saturated carbocycles. The summed E-state index contributed by atoms with van der Waals surface area (Å²) >= 11 is 0. The van der Waals surface area contributed by atoms with Gasteiger partial charge in [-0.1, -0.05) is 0 Å². The molecule has 7 heteroatoms. The summed E-state index contributed by atoms with van der Waals surface area (Å²) in [4.78, 5) is 0. The molecule has 0 radical (unpaired) electrons. The topological polar surface area (TPSA) is 47.0 Å². The summed E-state index contributed by atoms with van der Waals surface area (Å²) in [5.41, 5.74) is 0.691. The van der Waals surface area contributed by atoms with E-state index in [4.69, 9.17) is 0 Å². The van der Waals surface area contributed by atoms with Crippen molar-refractivity contribution in [1.82, 2.24) is 15.5 Å². The lowest BCUT2D eigenvalue weighted by molar-refractivity contribution is -0.154. The second-order valence-corrected chi connectivity index (χ2v) is 3.92. The van der Waals surface area contributed by atoms with E-state index in [-0.39, 0.29) is 5.88 Å². The first kappa shape index (κ1) is 12.1. The van der Waals surface area contributed by atoms with Gasteiger partial charge in [-0.05, 0) is 18.9 Å². The molecule has 94 valence electrons. The molecule has 0 spiro atoms. The molecule has 0 saturated heterocycles. The first-order valence-electron chi connectivity index (χ1n) is 5.28. The fraction of sp³-hybridized carbons (Fsp3) is 0.600. The summed E-state index contributed by atoms with van der Waals surface area (Å²) in [5.74, 6) is -0.113. The molecule has 17 heavy (non-hydrogen) atoms. The molecular formula is C10H12F3N3O. The highest BCUT2D eigenvalue weighted by molar-refractivity contribution is 5.11. The summed E-state index contributed by atoms with van der Waals surface area (Å²) in [6.45, 7) is -0.765. The van der Waals surface area contributed by atoms with Crippen LogP contribution in [0.1, 0.15) is 18.5 Å². The first-order chi connectivity index (χ1) is 8.03. The quantitative estimate of drug-likeness (QED) is 0.859. The van der Waals surface area contributed by atoms with Gasteiger partial charge in [0.1, 0.15) is 0 Å². The van der Waals surface area contributed by atoms with Crippen molar-refractivity contribution in [1.29, 1.82) is 0 Å².